The van der Waals surface area contributed by atoms with E-state index in [4.69, 9.17) is 4.74 Å². The van der Waals surface area contributed by atoms with Crippen molar-refractivity contribution in [3.8, 4) is 10.9 Å². The average molecular weight is 403 g/mol. The summed E-state index contributed by atoms with van der Waals surface area (Å²) in [5.41, 5.74) is 3.61. The van der Waals surface area contributed by atoms with Crippen LogP contribution in [0.5, 0.6) is 10.9 Å². The maximum atomic E-state index is 5.93. The van der Waals surface area contributed by atoms with Crippen LogP contribution in [0.25, 0.3) is 10.2 Å². The second kappa shape index (κ2) is 8.27. The summed E-state index contributed by atoms with van der Waals surface area (Å²) in [7, 11) is 0. The molecule has 0 saturated carbocycles. The number of hydrogen-bond acceptors (Lipinski definition) is 6. The molecule has 5 rings (SSSR count). The van der Waals surface area contributed by atoms with Crippen LogP contribution in [0.15, 0.2) is 67.3 Å². The summed E-state index contributed by atoms with van der Waals surface area (Å²) in [6, 6.07) is 14.6. The molecule has 1 aliphatic heterocycles. The van der Waals surface area contributed by atoms with Gasteiger partial charge in [0, 0.05) is 25.1 Å². The highest BCUT2D eigenvalue weighted by Crippen LogP contribution is 2.31. The van der Waals surface area contributed by atoms with Crippen molar-refractivity contribution >= 4 is 21.6 Å². The topological polar surface area (TPSA) is 51.1 Å². The number of aromatic nitrogens is 3. The second-order valence-electron chi connectivity index (χ2n) is 7.40. The van der Waals surface area contributed by atoms with Crippen LogP contribution in [0.2, 0.25) is 0 Å². The third kappa shape index (κ3) is 4.28. The molecule has 1 fully saturated rings. The van der Waals surface area contributed by atoms with Crippen molar-refractivity contribution in [1.29, 1.82) is 0 Å². The van der Waals surface area contributed by atoms with Gasteiger partial charge in [-0.3, -0.25) is 14.9 Å². The number of ether oxygens (including phenoxy) is 1. The third-order valence-electron chi connectivity index (χ3n) is 5.47. The van der Waals surface area contributed by atoms with Gasteiger partial charge in [-0.2, -0.15) is 0 Å². The summed E-state index contributed by atoms with van der Waals surface area (Å²) in [6.07, 6.45) is 9.75. The Morgan fingerprint density at radius 2 is 1.69 bits per heavy atom. The molecule has 0 amide bonds. The predicted octanol–water partition coefficient (Wildman–Crippen LogP) is 5.26. The van der Waals surface area contributed by atoms with Gasteiger partial charge in [0.25, 0.3) is 5.19 Å². The van der Waals surface area contributed by atoms with Gasteiger partial charge in [0.2, 0.25) is 0 Å². The number of benzene rings is 1. The van der Waals surface area contributed by atoms with Gasteiger partial charge in [-0.25, -0.2) is 4.98 Å². The molecule has 4 heterocycles. The number of rotatable bonds is 5. The lowest BCUT2D eigenvalue weighted by molar-refractivity contribution is 0.204. The molecule has 29 heavy (non-hydrogen) atoms. The number of pyridine rings is 2. The van der Waals surface area contributed by atoms with Crippen molar-refractivity contribution in [2.45, 2.75) is 25.3 Å². The van der Waals surface area contributed by atoms with Gasteiger partial charge in [-0.1, -0.05) is 23.5 Å². The van der Waals surface area contributed by atoms with Gasteiger partial charge in [-0.15, -0.1) is 0 Å². The molecule has 5 nitrogen and oxygen atoms in total. The standard InChI is InChI=1S/C23H22N4OS/c1-3-20(28-23-26-21-15-25-12-7-22(21)29-23)4-2-17(1)16-27-13-8-19(9-14-27)18-5-10-24-11-6-18/h1-7,10-12,15,19H,8-9,13-14,16H2. The largest absolute Gasteiger partial charge is 0.431 e. The van der Waals surface area contributed by atoms with Crippen molar-refractivity contribution < 1.29 is 4.74 Å². The molecule has 0 atom stereocenters. The first kappa shape index (κ1) is 18.2. The van der Waals surface area contributed by atoms with Crippen molar-refractivity contribution in [2.24, 2.45) is 0 Å². The average Bonchev–Trinajstić information content (AvgIpc) is 3.19. The van der Waals surface area contributed by atoms with Crippen molar-refractivity contribution in [1.82, 2.24) is 19.9 Å². The van der Waals surface area contributed by atoms with Crippen molar-refractivity contribution in [3.63, 3.8) is 0 Å². The monoisotopic (exact) mass is 402 g/mol. The van der Waals surface area contributed by atoms with Crippen LogP contribution in [0.4, 0.5) is 0 Å². The van der Waals surface area contributed by atoms with E-state index < -0.39 is 0 Å². The zero-order valence-electron chi connectivity index (χ0n) is 16.1. The molecule has 0 N–H and O–H groups in total. The van der Waals surface area contributed by atoms with E-state index in [1.165, 1.54) is 35.3 Å². The number of hydrogen-bond donors (Lipinski definition) is 0. The fourth-order valence-electron chi connectivity index (χ4n) is 3.88. The molecular weight excluding hydrogens is 380 g/mol. The maximum Gasteiger partial charge on any atom is 0.279 e. The number of piperidine rings is 1. The summed E-state index contributed by atoms with van der Waals surface area (Å²) in [5, 5.41) is 0.652. The Balaban J connectivity index is 1.17. The fourth-order valence-corrected chi connectivity index (χ4v) is 4.69. The smallest absolute Gasteiger partial charge is 0.279 e. The minimum absolute atomic E-state index is 0.652. The van der Waals surface area contributed by atoms with Gasteiger partial charge in [0.1, 0.15) is 11.3 Å². The minimum atomic E-state index is 0.652. The highest BCUT2D eigenvalue weighted by atomic mass is 32.1. The van der Waals surface area contributed by atoms with Gasteiger partial charge in [0.15, 0.2) is 0 Å². The normalized spacial score (nSPS) is 15.6. The van der Waals surface area contributed by atoms with E-state index in [2.05, 4.69) is 44.1 Å². The Morgan fingerprint density at radius 1 is 0.931 bits per heavy atom. The quantitative estimate of drug-likeness (QED) is 0.456. The summed E-state index contributed by atoms with van der Waals surface area (Å²) < 4.78 is 7.02. The maximum absolute atomic E-state index is 5.93. The Hall–Kier alpha value is -2.83. The molecule has 1 aliphatic rings. The van der Waals surface area contributed by atoms with E-state index in [0.717, 1.165) is 35.6 Å². The number of fused-ring (bicyclic) bond motifs is 1. The van der Waals surface area contributed by atoms with E-state index in [0.29, 0.717) is 11.1 Å². The Morgan fingerprint density at radius 3 is 2.45 bits per heavy atom. The van der Waals surface area contributed by atoms with Crippen LogP contribution >= 0.6 is 11.3 Å². The van der Waals surface area contributed by atoms with E-state index in [-0.39, 0.29) is 0 Å². The summed E-state index contributed by atoms with van der Waals surface area (Å²) in [6.45, 7) is 3.24. The van der Waals surface area contributed by atoms with Crippen molar-refractivity contribution in [3.05, 3.63) is 78.4 Å². The van der Waals surface area contributed by atoms with E-state index in [1.54, 1.807) is 12.4 Å². The Labute approximate surface area is 174 Å². The van der Waals surface area contributed by atoms with E-state index in [1.807, 2.05) is 30.6 Å². The van der Waals surface area contributed by atoms with E-state index in [9.17, 15) is 0 Å². The lowest BCUT2D eigenvalue weighted by Gasteiger charge is -2.32. The third-order valence-corrected chi connectivity index (χ3v) is 6.38. The molecule has 0 aliphatic carbocycles. The number of nitrogens with zero attached hydrogens (tertiary/aromatic N) is 4. The second-order valence-corrected chi connectivity index (χ2v) is 8.39. The lowest BCUT2D eigenvalue weighted by Crippen LogP contribution is -2.32. The fraction of sp³-hybridized carbons (Fsp3) is 0.261. The zero-order valence-corrected chi connectivity index (χ0v) is 16.9. The number of likely N-dealkylation sites (tertiary alicyclic amines) is 1. The molecule has 0 unspecified atom stereocenters. The molecule has 1 saturated heterocycles. The molecule has 6 heteroatoms. The molecule has 4 aromatic rings. The summed E-state index contributed by atoms with van der Waals surface area (Å²) in [4.78, 5) is 15.2. The first-order chi connectivity index (χ1) is 14.3. The molecule has 0 radical (unpaired) electrons. The molecule has 0 spiro atoms. The van der Waals surface area contributed by atoms with Crippen LogP contribution in [0.1, 0.15) is 29.9 Å². The van der Waals surface area contributed by atoms with Gasteiger partial charge < -0.3 is 4.74 Å². The first-order valence-electron chi connectivity index (χ1n) is 9.93. The molecule has 0 bridgehead atoms. The summed E-state index contributed by atoms with van der Waals surface area (Å²) >= 11 is 1.54. The van der Waals surface area contributed by atoms with Crippen LogP contribution < -0.4 is 4.74 Å². The molecule has 146 valence electrons. The molecule has 3 aromatic heterocycles. The highest BCUT2D eigenvalue weighted by molar-refractivity contribution is 7.20. The summed E-state index contributed by atoms with van der Waals surface area (Å²) in [5.74, 6) is 1.48. The first-order valence-corrected chi connectivity index (χ1v) is 10.7. The molecular formula is C23H22N4OS. The Bertz CT molecular complexity index is 1040. The Kier molecular flexibility index (Phi) is 5.19. The SMILES string of the molecule is c1cc(C2CCN(Cc3ccc(Oc4nc5cnccc5s4)cc3)CC2)ccn1. The number of thiazole rings is 1. The van der Waals surface area contributed by atoms with Crippen molar-refractivity contribution in [2.75, 3.05) is 13.1 Å². The zero-order chi connectivity index (χ0) is 19.5. The molecule has 1 aromatic carbocycles. The van der Waals surface area contributed by atoms with Crippen LogP contribution in [0.3, 0.4) is 0 Å². The lowest BCUT2D eigenvalue weighted by atomic mass is 9.90. The predicted molar refractivity (Wildman–Crippen MR) is 115 cm³/mol. The van der Waals surface area contributed by atoms with Gasteiger partial charge >= 0.3 is 0 Å². The van der Waals surface area contributed by atoms with Gasteiger partial charge in [0.05, 0.1) is 10.9 Å². The van der Waals surface area contributed by atoms with Crippen LogP contribution in [0, 0.1) is 0 Å². The van der Waals surface area contributed by atoms with E-state index >= 15 is 0 Å². The van der Waals surface area contributed by atoms with Crippen LogP contribution in [-0.4, -0.2) is 32.9 Å². The minimum Gasteiger partial charge on any atom is -0.431 e. The van der Waals surface area contributed by atoms with Crippen LogP contribution in [-0.2, 0) is 6.54 Å². The van der Waals surface area contributed by atoms with Gasteiger partial charge in [-0.05, 0) is 73.3 Å². The highest BCUT2D eigenvalue weighted by Gasteiger charge is 2.20.